The van der Waals surface area contributed by atoms with Crippen molar-refractivity contribution in [2.45, 2.75) is 19.9 Å². The maximum atomic E-state index is 5.19. The molecule has 0 bridgehead atoms. The molecule has 17 heavy (non-hydrogen) atoms. The van der Waals surface area contributed by atoms with E-state index in [2.05, 4.69) is 49.3 Å². The molecule has 1 atom stereocenters. The summed E-state index contributed by atoms with van der Waals surface area (Å²) in [6.07, 6.45) is 0. The Hall–Kier alpha value is -1.06. The summed E-state index contributed by atoms with van der Waals surface area (Å²) in [4.78, 5) is 2.26. The van der Waals surface area contributed by atoms with E-state index in [1.807, 2.05) is 7.05 Å². The van der Waals surface area contributed by atoms with Gasteiger partial charge in [0.05, 0.1) is 6.61 Å². The van der Waals surface area contributed by atoms with Crippen molar-refractivity contribution in [3.63, 3.8) is 0 Å². The molecule has 0 fully saturated rings. The van der Waals surface area contributed by atoms with Crippen LogP contribution in [0.15, 0.2) is 18.2 Å². The van der Waals surface area contributed by atoms with Crippen LogP contribution in [0.1, 0.15) is 11.1 Å². The average Bonchev–Trinajstić information content (AvgIpc) is 2.27. The van der Waals surface area contributed by atoms with E-state index in [0.29, 0.717) is 6.04 Å². The second-order valence-corrected chi connectivity index (χ2v) is 4.67. The normalized spacial score (nSPS) is 12.5. The first kappa shape index (κ1) is 14.0. The maximum absolute atomic E-state index is 5.19. The van der Waals surface area contributed by atoms with Crippen molar-refractivity contribution in [2.24, 2.45) is 0 Å². The Bertz CT molecular complexity index is 332. The van der Waals surface area contributed by atoms with Crippen LogP contribution in [0.25, 0.3) is 0 Å². The highest BCUT2D eigenvalue weighted by Crippen LogP contribution is 2.17. The van der Waals surface area contributed by atoms with Gasteiger partial charge in [0, 0.05) is 32.4 Å². The number of nitrogens with zero attached hydrogens (tertiary/aromatic N) is 1. The molecule has 96 valence electrons. The molecule has 1 N–H and O–H groups in total. The summed E-state index contributed by atoms with van der Waals surface area (Å²) in [5.74, 6) is 0. The van der Waals surface area contributed by atoms with Gasteiger partial charge in [0.2, 0.25) is 0 Å². The SMILES string of the molecule is CNC(COC)CN(C)c1cc(C)cc(C)c1. The Labute approximate surface area is 105 Å². The number of anilines is 1. The van der Waals surface area contributed by atoms with Crippen molar-refractivity contribution in [3.05, 3.63) is 29.3 Å². The van der Waals surface area contributed by atoms with Gasteiger partial charge in [0.1, 0.15) is 0 Å². The van der Waals surface area contributed by atoms with E-state index in [0.717, 1.165) is 13.2 Å². The molecule has 1 rings (SSSR count). The molecule has 0 aliphatic carbocycles. The molecule has 0 saturated heterocycles. The topological polar surface area (TPSA) is 24.5 Å². The van der Waals surface area contributed by atoms with Crippen molar-refractivity contribution in [1.82, 2.24) is 5.32 Å². The molecule has 3 nitrogen and oxygen atoms in total. The Kier molecular flexibility index (Phi) is 5.45. The molecule has 0 aliphatic heterocycles. The lowest BCUT2D eigenvalue weighted by Crippen LogP contribution is -2.40. The molecule has 0 heterocycles. The van der Waals surface area contributed by atoms with E-state index < -0.39 is 0 Å². The number of methoxy groups -OCH3 is 1. The number of rotatable bonds is 6. The van der Waals surface area contributed by atoms with Crippen molar-refractivity contribution >= 4 is 5.69 Å². The van der Waals surface area contributed by atoms with Crippen LogP contribution in [-0.2, 0) is 4.74 Å². The zero-order valence-electron chi connectivity index (χ0n) is 11.6. The number of ether oxygens (including phenoxy) is 1. The van der Waals surface area contributed by atoms with Gasteiger partial charge in [0.15, 0.2) is 0 Å². The summed E-state index contributed by atoms with van der Waals surface area (Å²) < 4.78 is 5.19. The Morgan fingerprint density at radius 1 is 1.24 bits per heavy atom. The van der Waals surface area contributed by atoms with E-state index in [1.165, 1.54) is 16.8 Å². The molecule has 0 spiro atoms. The first-order chi connectivity index (χ1) is 8.06. The minimum Gasteiger partial charge on any atom is -0.383 e. The van der Waals surface area contributed by atoms with Gasteiger partial charge in [0.25, 0.3) is 0 Å². The standard InChI is InChI=1S/C14H24N2O/c1-11-6-12(2)8-14(7-11)16(4)9-13(15-3)10-17-5/h6-8,13,15H,9-10H2,1-5H3. The first-order valence-corrected chi connectivity index (χ1v) is 6.02. The van der Waals surface area contributed by atoms with E-state index in [-0.39, 0.29) is 0 Å². The van der Waals surface area contributed by atoms with Gasteiger partial charge in [-0.05, 0) is 44.2 Å². The molecular weight excluding hydrogens is 212 g/mol. The fraction of sp³-hybridized carbons (Fsp3) is 0.571. The monoisotopic (exact) mass is 236 g/mol. The van der Waals surface area contributed by atoms with Gasteiger partial charge in [-0.25, -0.2) is 0 Å². The third-order valence-electron chi connectivity index (χ3n) is 2.92. The van der Waals surface area contributed by atoms with Crippen LogP contribution in [-0.4, -0.2) is 40.4 Å². The van der Waals surface area contributed by atoms with E-state index >= 15 is 0 Å². The molecule has 0 saturated carbocycles. The van der Waals surface area contributed by atoms with Gasteiger partial charge in [-0.1, -0.05) is 6.07 Å². The lowest BCUT2D eigenvalue weighted by atomic mass is 10.1. The first-order valence-electron chi connectivity index (χ1n) is 6.02. The van der Waals surface area contributed by atoms with Crippen LogP contribution in [0, 0.1) is 13.8 Å². The Morgan fingerprint density at radius 2 is 1.82 bits per heavy atom. The zero-order valence-corrected chi connectivity index (χ0v) is 11.6. The van der Waals surface area contributed by atoms with Crippen LogP contribution in [0.2, 0.25) is 0 Å². The highest BCUT2D eigenvalue weighted by Gasteiger charge is 2.10. The molecule has 0 radical (unpaired) electrons. The third kappa shape index (κ3) is 4.36. The molecule has 1 aromatic rings. The molecule has 3 heteroatoms. The fourth-order valence-electron chi connectivity index (χ4n) is 2.04. The van der Waals surface area contributed by atoms with Crippen LogP contribution in [0.4, 0.5) is 5.69 Å². The second kappa shape index (κ2) is 6.62. The number of benzene rings is 1. The number of aryl methyl sites for hydroxylation is 2. The average molecular weight is 236 g/mol. The third-order valence-corrected chi connectivity index (χ3v) is 2.92. The summed E-state index contributed by atoms with van der Waals surface area (Å²) in [5.41, 5.74) is 3.87. The quantitative estimate of drug-likeness (QED) is 0.817. The lowest BCUT2D eigenvalue weighted by molar-refractivity contribution is 0.171. The summed E-state index contributed by atoms with van der Waals surface area (Å²) >= 11 is 0. The number of likely N-dealkylation sites (N-methyl/N-ethyl adjacent to an activating group) is 2. The number of nitrogens with one attached hydrogen (secondary N) is 1. The molecular formula is C14H24N2O. The van der Waals surface area contributed by atoms with Crippen LogP contribution < -0.4 is 10.2 Å². The van der Waals surface area contributed by atoms with Gasteiger partial charge in [-0.3, -0.25) is 0 Å². The number of hydrogen-bond acceptors (Lipinski definition) is 3. The highest BCUT2D eigenvalue weighted by atomic mass is 16.5. The van der Waals surface area contributed by atoms with Crippen molar-refractivity contribution in [1.29, 1.82) is 0 Å². The second-order valence-electron chi connectivity index (χ2n) is 4.67. The van der Waals surface area contributed by atoms with Crippen molar-refractivity contribution < 1.29 is 4.74 Å². The van der Waals surface area contributed by atoms with Crippen LogP contribution in [0.5, 0.6) is 0 Å². The molecule has 1 unspecified atom stereocenters. The smallest absolute Gasteiger partial charge is 0.0633 e. The Morgan fingerprint density at radius 3 is 2.29 bits per heavy atom. The lowest BCUT2D eigenvalue weighted by Gasteiger charge is -2.25. The molecule has 0 aliphatic rings. The van der Waals surface area contributed by atoms with Crippen molar-refractivity contribution in [2.75, 3.05) is 39.3 Å². The summed E-state index contributed by atoms with van der Waals surface area (Å²) in [5, 5.41) is 3.27. The van der Waals surface area contributed by atoms with Gasteiger partial charge >= 0.3 is 0 Å². The van der Waals surface area contributed by atoms with Gasteiger partial charge in [-0.15, -0.1) is 0 Å². The zero-order chi connectivity index (χ0) is 12.8. The fourth-order valence-corrected chi connectivity index (χ4v) is 2.04. The van der Waals surface area contributed by atoms with Crippen LogP contribution in [0.3, 0.4) is 0 Å². The maximum Gasteiger partial charge on any atom is 0.0633 e. The molecule has 0 amide bonds. The molecule has 1 aromatic carbocycles. The highest BCUT2D eigenvalue weighted by molar-refractivity contribution is 5.50. The predicted octanol–water partition coefficient (Wildman–Crippen LogP) is 1.97. The van der Waals surface area contributed by atoms with E-state index in [1.54, 1.807) is 7.11 Å². The minimum atomic E-state index is 0.353. The largest absolute Gasteiger partial charge is 0.383 e. The molecule has 0 aromatic heterocycles. The van der Waals surface area contributed by atoms with Gasteiger partial charge < -0.3 is 15.0 Å². The van der Waals surface area contributed by atoms with E-state index in [4.69, 9.17) is 4.74 Å². The summed E-state index contributed by atoms with van der Waals surface area (Å²) in [6.45, 7) is 5.93. The van der Waals surface area contributed by atoms with Crippen molar-refractivity contribution in [3.8, 4) is 0 Å². The summed E-state index contributed by atoms with van der Waals surface area (Å²) in [7, 11) is 5.83. The van der Waals surface area contributed by atoms with Gasteiger partial charge in [-0.2, -0.15) is 0 Å². The number of hydrogen-bond donors (Lipinski definition) is 1. The summed E-state index contributed by atoms with van der Waals surface area (Å²) in [6, 6.07) is 6.98. The minimum absolute atomic E-state index is 0.353. The predicted molar refractivity (Wildman–Crippen MR) is 73.9 cm³/mol. The Balaban J connectivity index is 2.71. The van der Waals surface area contributed by atoms with Crippen LogP contribution >= 0.6 is 0 Å². The van der Waals surface area contributed by atoms with E-state index in [9.17, 15) is 0 Å².